The van der Waals surface area contributed by atoms with Crippen molar-refractivity contribution in [3.8, 4) is 22.2 Å². The first kappa shape index (κ1) is 17.2. The summed E-state index contributed by atoms with van der Waals surface area (Å²) in [4.78, 5) is 18.4. The molecule has 2 aromatic heterocycles. The first-order valence-corrected chi connectivity index (χ1v) is 8.95. The Labute approximate surface area is 150 Å². The minimum Gasteiger partial charge on any atom is -0.335 e. The smallest absolute Gasteiger partial charge is 0.319 e. The van der Waals surface area contributed by atoms with Gasteiger partial charge in [-0.15, -0.1) is 11.3 Å². The number of anilines is 1. The van der Waals surface area contributed by atoms with Crippen molar-refractivity contribution >= 4 is 23.1 Å². The molecule has 2 heterocycles. The quantitative estimate of drug-likeness (QED) is 0.695. The van der Waals surface area contributed by atoms with Gasteiger partial charge in [-0.1, -0.05) is 12.1 Å². The molecule has 3 aromatic rings. The number of aryl methyl sites for hydroxylation is 1. The third-order valence-electron chi connectivity index (χ3n) is 3.77. The molecular formula is C18H20N4O2S. The molecule has 0 spiro atoms. The van der Waals surface area contributed by atoms with E-state index in [-0.39, 0.29) is 12.1 Å². The van der Waals surface area contributed by atoms with E-state index in [0.717, 1.165) is 16.9 Å². The third kappa shape index (κ3) is 4.24. The van der Waals surface area contributed by atoms with Crippen LogP contribution in [-0.4, -0.2) is 22.2 Å². The number of rotatable bonds is 5. The summed E-state index contributed by atoms with van der Waals surface area (Å²) in [6.07, 6.45) is 0.885. The molecule has 25 heavy (non-hydrogen) atoms. The first-order chi connectivity index (χ1) is 12.0. The van der Waals surface area contributed by atoms with Gasteiger partial charge in [0.2, 0.25) is 5.82 Å². The molecule has 0 fully saturated rings. The fourth-order valence-corrected chi connectivity index (χ4v) is 2.98. The van der Waals surface area contributed by atoms with E-state index in [2.05, 4.69) is 20.8 Å². The SMILES string of the molecule is CC[C@H](C)NC(=O)Nc1ccc(-c2noc(-c3ccc(C)s3)n2)cc1. The van der Waals surface area contributed by atoms with E-state index in [9.17, 15) is 4.79 Å². The minimum absolute atomic E-state index is 0.137. The molecule has 0 aliphatic carbocycles. The predicted molar refractivity (Wildman–Crippen MR) is 99.7 cm³/mol. The Hall–Kier alpha value is -2.67. The molecule has 0 bridgehead atoms. The van der Waals surface area contributed by atoms with Crippen molar-refractivity contribution in [3.63, 3.8) is 0 Å². The average Bonchev–Trinajstić information content (AvgIpc) is 3.24. The number of aromatic nitrogens is 2. The Morgan fingerprint density at radius 3 is 2.64 bits per heavy atom. The van der Waals surface area contributed by atoms with Crippen LogP contribution in [0.4, 0.5) is 10.5 Å². The zero-order chi connectivity index (χ0) is 17.8. The van der Waals surface area contributed by atoms with Crippen LogP contribution in [0, 0.1) is 6.92 Å². The average molecular weight is 356 g/mol. The fourth-order valence-electron chi connectivity index (χ4n) is 2.19. The van der Waals surface area contributed by atoms with Gasteiger partial charge in [0, 0.05) is 22.2 Å². The number of thiophene rings is 1. The Morgan fingerprint density at radius 2 is 2.00 bits per heavy atom. The summed E-state index contributed by atoms with van der Waals surface area (Å²) in [5.41, 5.74) is 1.54. The van der Waals surface area contributed by atoms with Crippen molar-refractivity contribution in [3.05, 3.63) is 41.3 Å². The predicted octanol–water partition coefficient (Wildman–Crippen LogP) is 4.69. The third-order valence-corrected chi connectivity index (χ3v) is 4.76. The van der Waals surface area contributed by atoms with Crippen LogP contribution in [0.25, 0.3) is 22.2 Å². The fraction of sp³-hybridized carbons (Fsp3) is 0.278. The van der Waals surface area contributed by atoms with Gasteiger partial charge in [-0.3, -0.25) is 0 Å². The highest BCUT2D eigenvalue weighted by Crippen LogP contribution is 2.28. The Balaban J connectivity index is 1.68. The summed E-state index contributed by atoms with van der Waals surface area (Å²) in [5.74, 6) is 1.04. The van der Waals surface area contributed by atoms with Crippen molar-refractivity contribution in [1.82, 2.24) is 15.5 Å². The van der Waals surface area contributed by atoms with Crippen LogP contribution < -0.4 is 10.6 Å². The van der Waals surface area contributed by atoms with E-state index in [0.29, 0.717) is 17.4 Å². The maximum atomic E-state index is 11.8. The van der Waals surface area contributed by atoms with E-state index in [1.807, 2.05) is 57.2 Å². The maximum Gasteiger partial charge on any atom is 0.319 e. The summed E-state index contributed by atoms with van der Waals surface area (Å²) < 4.78 is 5.34. The van der Waals surface area contributed by atoms with Crippen LogP contribution in [0.1, 0.15) is 25.1 Å². The number of hydrogen-bond donors (Lipinski definition) is 2. The number of nitrogens with one attached hydrogen (secondary N) is 2. The lowest BCUT2D eigenvalue weighted by Gasteiger charge is -2.12. The highest BCUT2D eigenvalue weighted by Gasteiger charge is 2.12. The van der Waals surface area contributed by atoms with Crippen molar-refractivity contribution < 1.29 is 9.32 Å². The van der Waals surface area contributed by atoms with Gasteiger partial charge in [-0.25, -0.2) is 4.79 Å². The van der Waals surface area contributed by atoms with E-state index >= 15 is 0 Å². The second kappa shape index (κ2) is 7.48. The number of benzene rings is 1. The van der Waals surface area contributed by atoms with Gasteiger partial charge < -0.3 is 15.2 Å². The van der Waals surface area contributed by atoms with Crippen molar-refractivity contribution in [1.29, 1.82) is 0 Å². The molecule has 0 saturated carbocycles. The van der Waals surface area contributed by atoms with E-state index in [4.69, 9.17) is 4.52 Å². The summed E-state index contributed by atoms with van der Waals surface area (Å²) >= 11 is 1.61. The normalized spacial score (nSPS) is 12.0. The van der Waals surface area contributed by atoms with Crippen LogP contribution in [0.15, 0.2) is 40.9 Å². The minimum atomic E-state index is -0.211. The van der Waals surface area contributed by atoms with Gasteiger partial charge in [0.1, 0.15) is 0 Å². The number of amides is 2. The monoisotopic (exact) mass is 356 g/mol. The molecule has 0 saturated heterocycles. The Morgan fingerprint density at radius 1 is 1.24 bits per heavy atom. The first-order valence-electron chi connectivity index (χ1n) is 8.13. The van der Waals surface area contributed by atoms with Gasteiger partial charge >= 0.3 is 6.03 Å². The molecule has 0 radical (unpaired) electrons. The summed E-state index contributed by atoms with van der Waals surface area (Å²) in [6.45, 7) is 6.02. The number of urea groups is 1. The van der Waals surface area contributed by atoms with Crippen LogP contribution in [-0.2, 0) is 0 Å². The Bertz CT molecular complexity index is 854. The summed E-state index contributed by atoms with van der Waals surface area (Å²) in [6, 6.07) is 11.3. The summed E-state index contributed by atoms with van der Waals surface area (Å²) in [5, 5.41) is 9.70. The number of carbonyl (C=O) groups excluding carboxylic acids is 1. The van der Waals surface area contributed by atoms with E-state index < -0.39 is 0 Å². The molecule has 3 rings (SSSR count). The lowest BCUT2D eigenvalue weighted by molar-refractivity contribution is 0.249. The van der Waals surface area contributed by atoms with Crippen molar-refractivity contribution in [2.45, 2.75) is 33.2 Å². The van der Waals surface area contributed by atoms with Gasteiger partial charge in [0.05, 0.1) is 4.88 Å². The van der Waals surface area contributed by atoms with Gasteiger partial charge in [-0.2, -0.15) is 4.98 Å². The molecule has 130 valence electrons. The highest BCUT2D eigenvalue weighted by molar-refractivity contribution is 7.15. The van der Waals surface area contributed by atoms with Gasteiger partial charge in [0.15, 0.2) is 0 Å². The highest BCUT2D eigenvalue weighted by atomic mass is 32.1. The number of hydrogen-bond acceptors (Lipinski definition) is 5. The molecule has 7 heteroatoms. The molecule has 0 aliphatic rings. The number of carbonyl (C=O) groups is 1. The Kier molecular flexibility index (Phi) is 5.14. The standard InChI is InChI=1S/C18H20N4O2S/c1-4-11(2)19-18(23)20-14-8-6-13(7-9-14)16-21-17(24-22-16)15-10-5-12(3)25-15/h5-11H,4H2,1-3H3,(H2,19,20,23)/t11-/m0/s1. The second-order valence-corrected chi connectivity index (χ2v) is 7.11. The van der Waals surface area contributed by atoms with Crippen LogP contribution in [0.3, 0.4) is 0 Å². The van der Waals surface area contributed by atoms with Gasteiger partial charge in [-0.05, 0) is 56.7 Å². The lowest BCUT2D eigenvalue weighted by atomic mass is 10.2. The molecular weight excluding hydrogens is 336 g/mol. The molecule has 1 aromatic carbocycles. The van der Waals surface area contributed by atoms with Crippen molar-refractivity contribution in [2.24, 2.45) is 0 Å². The second-order valence-electron chi connectivity index (χ2n) is 5.82. The van der Waals surface area contributed by atoms with Crippen LogP contribution in [0.5, 0.6) is 0 Å². The topological polar surface area (TPSA) is 80.0 Å². The van der Waals surface area contributed by atoms with Crippen LogP contribution in [0.2, 0.25) is 0 Å². The van der Waals surface area contributed by atoms with E-state index in [1.165, 1.54) is 4.88 Å². The molecule has 0 aliphatic heterocycles. The van der Waals surface area contributed by atoms with Crippen molar-refractivity contribution in [2.75, 3.05) is 5.32 Å². The molecule has 2 N–H and O–H groups in total. The lowest BCUT2D eigenvalue weighted by Crippen LogP contribution is -2.35. The maximum absolute atomic E-state index is 11.8. The molecule has 6 nitrogen and oxygen atoms in total. The van der Waals surface area contributed by atoms with E-state index in [1.54, 1.807) is 11.3 Å². The zero-order valence-corrected chi connectivity index (χ0v) is 15.2. The van der Waals surface area contributed by atoms with Gasteiger partial charge in [0.25, 0.3) is 5.89 Å². The largest absolute Gasteiger partial charge is 0.335 e. The zero-order valence-electron chi connectivity index (χ0n) is 14.4. The molecule has 1 atom stereocenters. The molecule has 2 amide bonds. The van der Waals surface area contributed by atoms with Crippen LogP contribution >= 0.6 is 11.3 Å². The summed E-state index contributed by atoms with van der Waals surface area (Å²) in [7, 11) is 0. The molecule has 0 unspecified atom stereocenters. The number of nitrogens with zero attached hydrogens (tertiary/aromatic N) is 2.